The molecule has 0 aromatic carbocycles. The van der Waals surface area contributed by atoms with Gasteiger partial charge in [-0.25, -0.2) is 0 Å². The van der Waals surface area contributed by atoms with Crippen LogP contribution >= 0.6 is 0 Å². The lowest BCUT2D eigenvalue weighted by Gasteiger charge is -2.02. The van der Waals surface area contributed by atoms with E-state index in [1.54, 1.807) is 0 Å². The van der Waals surface area contributed by atoms with E-state index in [0.29, 0.717) is 19.4 Å². The van der Waals surface area contributed by atoms with Gasteiger partial charge >= 0.3 is 0 Å². The van der Waals surface area contributed by atoms with Crippen LogP contribution in [-0.2, 0) is 14.4 Å². The van der Waals surface area contributed by atoms with Gasteiger partial charge in [0.05, 0.1) is 0 Å². The number of rotatable bonds is 8. The van der Waals surface area contributed by atoms with E-state index in [2.05, 4.69) is 11.9 Å². The summed E-state index contributed by atoms with van der Waals surface area (Å²) in [5, 5.41) is 2.64. The second kappa shape index (κ2) is 12.6. The minimum atomic E-state index is -0.159. The van der Waals surface area contributed by atoms with Crippen molar-refractivity contribution in [3.8, 4) is 0 Å². The molecule has 0 fully saturated rings. The van der Waals surface area contributed by atoms with Crippen molar-refractivity contribution >= 4 is 17.5 Å². The zero-order valence-electron chi connectivity index (χ0n) is 11.0. The molecule has 0 bridgehead atoms. The number of carbonyl (C=O) groups is 3. The second-order valence-electron chi connectivity index (χ2n) is 3.33. The molecule has 0 heterocycles. The third-order valence-electron chi connectivity index (χ3n) is 1.85. The molecule has 0 radical (unpaired) electrons. The molecular formula is C13H23NO3. The monoisotopic (exact) mass is 241 g/mol. The van der Waals surface area contributed by atoms with Gasteiger partial charge < -0.3 is 10.1 Å². The molecule has 0 spiro atoms. The van der Waals surface area contributed by atoms with Crippen LogP contribution in [0.5, 0.6) is 0 Å². The number of hydrogen-bond acceptors (Lipinski definition) is 3. The Kier molecular flexibility index (Phi) is 13.3. The number of amides is 1. The van der Waals surface area contributed by atoms with Crippen LogP contribution in [0.25, 0.3) is 0 Å². The highest BCUT2D eigenvalue weighted by Gasteiger charge is 2.03. The summed E-state index contributed by atoms with van der Waals surface area (Å²) in [6.45, 7) is 9.32. The third-order valence-corrected chi connectivity index (χ3v) is 1.85. The fraction of sp³-hybridized carbons (Fsp3) is 0.615. The predicted molar refractivity (Wildman–Crippen MR) is 68.7 cm³/mol. The molecule has 0 aliphatic rings. The van der Waals surface area contributed by atoms with Gasteiger partial charge in [-0.2, -0.15) is 0 Å². The number of nitrogens with one attached hydrogen (secondary N) is 1. The van der Waals surface area contributed by atoms with Crippen LogP contribution in [0.15, 0.2) is 12.7 Å². The first-order valence-electron chi connectivity index (χ1n) is 5.97. The Balaban J connectivity index is 0. The summed E-state index contributed by atoms with van der Waals surface area (Å²) in [5.74, 6) is -0.172. The van der Waals surface area contributed by atoms with Crippen LogP contribution in [0.3, 0.4) is 0 Å². The van der Waals surface area contributed by atoms with E-state index < -0.39 is 0 Å². The van der Waals surface area contributed by atoms with Crippen molar-refractivity contribution in [2.45, 2.75) is 46.5 Å². The minimum absolute atomic E-state index is 0.117. The maximum absolute atomic E-state index is 11.1. The van der Waals surface area contributed by atoms with Crippen molar-refractivity contribution in [1.82, 2.24) is 5.32 Å². The normalized spacial score (nSPS) is 8.65. The van der Waals surface area contributed by atoms with Crippen LogP contribution in [0.2, 0.25) is 0 Å². The predicted octanol–water partition coefficient (Wildman–Crippen LogP) is 2.03. The number of carbonyl (C=O) groups excluding carboxylic acids is 3. The van der Waals surface area contributed by atoms with E-state index in [0.717, 1.165) is 0 Å². The quantitative estimate of drug-likeness (QED) is 0.522. The Morgan fingerprint density at radius 2 is 1.71 bits per heavy atom. The second-order valence-corrected chi connectivity index (χ2v) is 3.33. The first-order chi connectivity index (χ1) is 8.06. The molecule has 1 N–H and O–H groups in total. The van der Waals surface area contributed by atoms with Gasteiger partial charge in [-0.05, 0) is 19.4 Å². The third kappa shape index (κ3) is 14.6. The van der Waals surface area contributed by atoms with E-state index in [4.69, 9.17) is 0 Å². The highest BCUT2D eigenvalue weighted by atomic mass is 16.2. The summed E-state index contributed by atoms with van der Waals surface area (Å²) in [4.78, 5) is 32.5. The number of allylic oxidation sites excluding steroid dienone is 1. The van der Waals surface area contributed by atoms with Crippen LogP contribution in [0.4, 0.5) is 0 Å². The molecule has 1 amide bonds. The molecule has 0 saturated heterocycles. The standard InChI is InChI=1S/C11H17NO3.C2H6/c1-3-10(14)6-7-11(15)12-8-4-5-9(2)13;1-2/h3H,1,4-8H2,2H3,(H,12,15);1-2H3. The Morgan fingerprint density at radius 3 is 2.18 bits per heavy atom. The Morgan fingerprint density at radius 1 is 1.12 bits per heavy atom. The first kappa shape index (κ1) is 17.9. The van der Waals surface area contributed by atoms with Gasteiger partial charge in [-0.3, -0.25) is 9.59 Å². The molecule has 17 heavy (non-hydrogen) atoms. The molecule has 0 rings (SSSR count). The first-order valence-corrected chi connectivity index (χ1v) is 5.97. The van der Waals surface area contributed by atoms with Crippen molar-refractivity contribution in [2.24, 2.45) is 0 Å². The topological polar surface area (TPSA) is 63.2 Å². The Bertz CT molecular complexity index is 259. The highest BCUT2D eigenvalue weighted by Crippen LogP contribution is 1.93. The lowest BCUT2D eigenvalue weighted by Crippen LogP contribution is -2.24. The van der Waals surface area contributed by atoms with Crippen molar-refractivity contribution < 1.29 is 14.4 Å². The minimum Gasteiger partial charge on any atom is -0.356 e. The fourth-order valence-electron chi connectivity index (χ4n) is 0.992. The summed E-state index contributed by atoms with van der Waals surface area (Å²) in [5.41, 5.74) is 0. The van der Waals surface area contributed by atoms with E-state index in [1.165, 1.54) is 13.0 Å². The van der Waals surface area contributed by atoms with E-state index in [9.17, 15) is 14.4 Å². The van der Waals surface area contributed by atoms with Gasteiger partial charge in [0.2, 0.25) is 5.91 Å². The molecule has 4 heteroatoms. The molecule has 0 aliphatic heterocycles. The van der Waals surface area contributed by atoms with E-state index >= 15 is 0 Å². The molecule has 0 aliphatic carbocycles. The Labute approximate surface area is 103 Å². The SMILES string of the molecule is C=CC(=O)CCC(=O)NCCCC(C)=O.CC. The molecule has 0 unspecified atom stereocenters. The maximum Gasteiger partial charge on any atom is 0.220 e. The zero-order chi connectivity index (χ0) is 13.7. The summed E-state index contributed by atoms with van der Waals surface area (Å²) < 4.78 is 0. The van der Waals surface area contributed by atoms with E-state index in [-0.39, 0.29) is 30.3 Å². The van der Waals surface area contributed by atoms with Gasteiger partial charge in [0.1, 0.15) is 5.78 Å². The maximum atomic E-state index is 11.1. The van der Waals surface area contributed by atoms with Crippen LogP contribution in [-0.4, -0.2) is 24.0 Å². The molecule has 0 aromatic heterocycles. The fourth-order valence-corrected chi connectivity index (χ4v) is 0.992. The average molecular weight is 241 g/mol. The van der Waals surface area contributed by atoms with Gasteiger partial charge in [-0.15, -0.1) is 0 Å². The molecule has 0 atom stereocenters. The molecule has 0 saturated carbocycles. The number of Topliss-reactive ketones (excluding diaryl/α,β-unsaturated/α-hetero) is 1. The largest absolute Gasteiger partial charge is 0.356 e. The average Bonchev–Trinajstić information content (AvgIpc) is 2.33. The lowest BCUT2D eigenvalue weighted by atomic mass is 10.2. The summed E-state index contributed by atoms with van der Waals surface area (Å²) in [6, 6.07) is 0. The van der Waals surface area contributed by atoms with Gasteiger partial charge in [-0.1, -0.05) is 20.4 Å². The molecular weight excluding hydrogens is 218 g/mol. The number of ketones is 2. The highest BCUT2D eigenvalue weighted by molar-refractivity contribution is 5.92. The summed E-state index contributed by atoms with van der Waals surface area (Å²) in [6.07, 6.45) is 2.72. The van der Waals surface area contributed by atoms with Gasteiger partial charge in [0.15, 0.2) is 5.78 Å². The smallest absolute Gasteiger partial charge is 0.220 e. The van der Waals surface area contributed by atoms with Gasteiger partial charge in [0, 0.05) is 25.8 Å². The molecule has 98 valence electrons. The molecule has 0 aromatic rings. The van der Waals surface area contributed by atoms with Crippen molar-refractivity contribution in [3.05, 3.63) is 12.7 Å². The van der Waals surface area contributed by atoms with Crippen LogP contribution in [0, 0.1) is 0 Å². The van der Waals surface area contributed by atoms with Crippen molar-refractivity contribution in [3.63, 3.8) is 0 Å². The van der Waals surface area contributed by atoms with Crippen LogP contribution in [0.1, 0.15) is 46.5 Å². The van der Waals surface area contributed by atoms with E-state index in [1.807, 2.05) is 13.8 Å². The van der Waals surface area contributed by atoms with Gasteiger partial charge in [0.25, 0.3) is 0 Å². The zero-order valence-corrected chi connectivity index (χ0v) is 11.0. The van der Waals surface area contributed by atoms with Crippen LogP contribution < -0.4 is 5.32 Å². The lowest BCUT2D eigenvalue weighted by molar-refractivity contribution is -0.124. The van der Waals surface area contributed by atoms with Crippen molar-refractivity contribution in [1.29, 1.82) is 0 Å². The Hall–Kier alpha value is -1.45. The van der Waals surface area contributed by atoms with Crippen molar-refractivity contribution in [2.75, 3.05) is 6.54 Å². The summed E-state index contributed by atoms with van der Waals surface area (Å²) >= 11 is 0. The molecule has 4 nitrogen and oxygen atoms in total. The summed E-state index contributed by atoms with van der Waals surface area (Å²) in [7, 11) is 0. The number of hydrogen-bond donors (Lipinski definition) is 1.